The standard InChI is InChI=1S/C22H21Cl2N3O4/c1-31-20-18-22(30)27-13-6-5-11(7-13)16(27)10-26(18)9-14(19(20)28)21(29)25-8-12-3-2-4-15(23)17(12)24/h2-4,9,11,13,16H,5-8,10H2,1H3,(H,25,29)/t11-,13+,16+/m1/s1. The highest BCUT2D eigenvalue weighted by Gasteiger charge is 2.51. The summed E-state index contributed by atoms with van der Waals surface area (Å²) in [6, 6.07) is 5.48. The number of fused-ring (bicyclic) bond motifs is 6. The predicted octanol–water partition coefficient (Wildman–Crippen LogP) is 3.10. The minimum absolute atomic E-state index is 0.0665. The number of nitrogens with one attached hydrogen (secondary N) is 1. The van der Waals surface area contributed by atoms with Crippen LogP contribution in [-0.2, 0) is 13.1 Å². The normalized spacial score (nSPS) is 23.5. The van der Waals surface area contributed by atoms with Gasteiger partial charge in [0.25, 0.3) is 11.8 Å². The number of aromatic nitrogens is 1. The maximum Gasteiger partial charge on any atom is 0.275 e. The summed E-state index contributed by atoms with van der Waals surface area (Å²) in [4.78, 5) is 41.1. The van der Waals surface area contributed by atoms with Gasteiger partial charge in [-0.1, -0.05) is 35.3 Å². The molecule has 3 heterocycles. The molecule has 1 aromatic heterocycles. The topological polar surface area (TPSA) is 80.6 Å². The van der Waals surface area contributed by atoms with E-state index in [0.717, 1.165) is 19.3 Å². The smallest absolute Gasteiger partial charge is 0.275 e. The summed E-state index contributed by atoms with van der Waals surface area (Å²) in [6.07, 6.45) is 4.60. The van der Waals surface area contributed by atoms with Crippen molar-refractivity contribution in [3.8, 4) is 5.75 Å². The van der Waals surface area contributed by atoms with Crippen molar-refractivity contribution >= 4 is 35.0 Å². The average Bonchev–Trinajstić information content (AvgIpc) is 3.37. The summed E-state index contributed by atoms with van der Waals surface area (Å²) in [5.41, 5.74) is 0.203. The number of amides is 2. The van der Waals surface area contributed by atoms with Gasteiger partial charge in [0.15, 0.2) is 11.4 Å². The van der Waals surface area contributed by atoms with Crippen LogP contribution in [0.3, 0.4) is 0 Å². The van der Waals surface area contributed by atoms with Crippen LogP contribution in [0.25, 0.3) is 0 Å². The molecule has 3 aliphatic rings. The summed E-state index contributed by atoms with van der Waals surface area (Å²) < 4.78 is 7.05. The third kappa shape index (κ3) is 3.13. The third-order valence-electron chi connectivity index (χ3n) is 6.72. The van der Waals surface area contributed by atoms with Gasteiger partial charge in [0, 0.05) is 25.3 Å². The summed E-state index contributed by atoms with van der Waals surface area (Å²) in [5.74, 6) is -0.359. The number of carbonyl (C=O) groups excluding carboxylic acids is 2. The first-order valence-corrected chi connectivity index (χ1v) is 11.0. The lowest BCUT2D eigenvalue weighted by molar-refractivity contribution is 0.0481. The van der Waals surface area contributed by atoms with Gasteiger partial charge in [-0.2, -0.15) is 0 Å². The largest absolute Gasteiger partial charge is 0.491 e. The van der Waals surface area contributed by atoms with Crippen molar-refractivity contribution in [2.24, 2.45) is 5.92 Å². The molecule has 9 heteroatoms. The van der Waals surface area contributed by atoms with Gasteiger partial charge < -0.3 is 19.5 Å². The Kier molecular flexibility index (Phi) is 4.98. The number of carbonyl (C=O) groups is 2. The number of rotatable bonds is 4. The number of pyridine rings is 1. The molecule has 3 atom stereocenters. The van der Waals surface area contributed by atoms with Crippen molar-refractivity contribution in [3.05, 3.63) is 61.5 Å². The highest BCUT2D eigenvalue weighted by molar-refractivity contribution is 6.42. The first-order valence-electron chi connectivity index (χ1n) is 10.3. The van der Waals surface area contributed by atoms with Crippen LogP contribution in [0.2, 0.25) is 10.0 Å². The Labute approximate surface area is 188 Å². The number of hydrogen-bond donors (Lipinski definition) is 1. The van der Waals surface area contributed by atoms with E-state index in [0.29, 0.717) is 28.1 Å². The molecule has 1 aromatic carbocycles. The molecule has 1 N–H and O–H groups in total. The van der Waals surface area contributed by atoms with E-state index in [9.17, 15) is 14.4 Å². The van der Waals surface area contributed by atoms with Crippen molar-refractivity contribution in [1.29, 1.82) is 0 Å². The van der Waals surface area contributed by atoms with E-state index in [2.05, 4.69) is 5.32 Å². The highest BCUT2D eigenvalue weighted by atomic mass is 35.5. The second kappa shape index (κ2) is 7.57. The first-order chi connectivity index (χ1) is 14.9. The van der Waals surface area contributed by atoms with Crippen molar-refractivity contribution < 1.29 is 14.3 Å². The zero-order valence-corrected chi connectivity index (χ0v) is 18.4. The Hall–Kier alpha value is -2.51. The van der Waals surface area contributed by atoms with Gasteiger partial charge in [-0.15, -0.1) is 0 Å². The third-order valence-corrected chi connectivity index (χ3v) is 7.58. The molecule has 2 amide bonds. The van der Waals surface area contributed by atoms with Gasteiger partial charge in [0.1, 0.15) is 5.56 Å². The molecule has 0 unspecified atom stereocenters. The molecule has 5 rings (SSSR count). The van der Waals surface area contributed by atoms with Crippen molar-refractivity contribution in [3.63, 3.8) is 0 Å². The van der Waals surface area contributed by atoms with Crippen LogP contribution in [0.5, 0.6) is 5.75 Å². The summed E-state index contributed by atoms with van der Waals surface area (Å²) in [5, 5.41) is 3.46. The molecule has 1 saturated heterocycles. The number of nitrogens with zero attached hydrogens (tertiary/aromatic N) is 2. The molecular formula is C22H21Cl2N3O4. The highest BCUT2D eigenvalue weighted by Crippen LogP contribution is 2.46. The molecule has 0 radical (unpaired) electrons. The molecule has 2 aromatic rings. The molecule has 1 aliphatic carbocycles. The number of ether oxygens (including phenoxy) is 1. The summed E-state index contributed by atoms with van der Waals surface area (Å²) >= 11 is 12.2. The van der Waals surface area contributed by atoms with E-state index in [4.69, 9.17) is 27.9 Å². The first kappa shape index (κ1) is 20.4. The Morgan fingerprint density at radius 1 is 1.26 bits per heavy atom. The number of halogens is 2. The van der Waals surface area contributed by atoms with E-state index < -0.39 is 11.3 Å². The van der Waals surface area contributed by atoms with Crippen LogP contribution < -0.4 is 15.5 Å². The van der Waals surface area contributed by atoms with Crippen LogP contribution in [-0.4, -0.2) is 40.5 Å². The Morgan fingerprint density at radius 3 is 2.84 bits per heavy atom. The molecule has 2 fully saturated rings. The van der Waals surface area contributed by atoms with Gasteiger partial charge in [0.05, 0.1) is 23.2 Å². The fraction of sp³-hybridized carbons (Fsp3) is 0.409. The zero-order valence-electron chi connectivity index (χ0n) is 16.9. The maximum absolute atomic E-state index is 13.2. The van der Waals surface area contributed by atoms with Gasteiger partial charge in [-0.3, -0.25) is 14.4 Å². The Balaban J connectivity index is 1.48. The average molecular weight is 462 g/mol. The Bertz CT molecular complexity index is 1160. The minimum Gasteiger partial charge on any atom is -0.491 e. The molecule has 2 bridgehead atoms. The lowest BCUT2D eigenvalue weighted by Crippen LogP contribution is -2.52. The van der Waals surface area contributed by atoms with Crippen LogP contribution in [0.4, 0.5) is 0 Å². The van der Waals surface area contributed by atoms with E-state index in [1.165, 1.54) is 13.3 Å². The van der Waals surface area contributed by atoms with Crippen LogP contribution in [0.1, 0.15) is 45.7 Å². The lowest BCUT2D eigenvalue weighted by Gasteiger charge is -2.40. The number of methoxy groups -OCH3 is 1. The molecular weight excluding hydrogens is 441 g/mol. The lowest BCUT2D eigenvalue weighted by atomic mass is 9.95. The number of benzene rings is 1. The van der Waals surface area contributed by atoms with E-state index in [-0.39, 0.29) is 41.5 Å². The van der Waals surface area contributed by atoms with Gasteiger partial charge in [-0.25, -0.2) is 0 Å². The Morgan fingerprint density at radius 2 is 2.06 bits per heavy atom. The fourth-order valence-corrected chi connectivity index (χ4v) is 5.67. The van der Waals surface area contributed by atoms with Crippen LogP contribution in [0.15, 0.2) is 29.2 Å². The molecule has 0 spiro atoms. The van der Waals surface area contributed by atoms with E-state index in [1.54, 1.807) is 22.8 Å². The zero-order chi connectivity index (χ0) is 21.9. The molecule has 7 nitrogen and oxygen atoms in total. The number of hydrogen-bond acceptors (Lipinski definition) is 4. The van der Waals surface area contributed by atoms with Gasteiger partial charge in [-0.05, 0) is 36.8 Å². The molecule has 31 heavy (non-hydrogen) atoms. The minimum atomic E-state index is -0.598. The summed E-state index contributed by atoms with van der Waals surface area (Å²) in [6.45, 7) is 0.667. The second-order valence-electron chi connectivity index (χ2n) is 8.31. The van der Waals surface area contributed by atoms with E-state index in [1.807, 2.05) is 4.90 Å². The van der Waals surface area contributed by atoms with Crippen molar-refractivity contribution in [2.45, 2.75) is 44.4 Å². The van der Waals surface area contributed by atoms with Crippen molar-refractivity contribution in [1.82, 2.24) is 14.8 Å². The molecule has 1 saturated carbocycles. The predicted molar refractivity (Wildman–Crippen MR) is 116 cm³/mol. The fourth-order valence-electron chi connectivity index (χ4n) is 5.28. The maximum atomic E-state index is 13.2. The van der Waals surface area contributed by atoms with Crippen LogP contribution in [0, 0.1) is 5.92 Å². The van der Waals surface area contributed by atoms with E-state index >= 15 is 0 Å². The molecule has 2 aliphatic heterocycles. The second-order valence-corrected chi connectivity index (χ2v) is 9.09. The quantitative estimate of drug-likeness (QED) is 0.758. The monoisotopic (exact) mass is 461 g/mol. The number of piperidine rings is 1. The van der Waals surface area contributed by atoms with Crippen LogP contribution >= 0.6 is 23.2 Å². The van der Waals surface area contributed by atoms with Gasteiger partial charge >= 0.3 is 0 Å². The molecule has 162 valence electrons. The van der Waals surface area contributed by atoms with Crippen molar-refractivity contribution in [2.75, 3.05) is 7.11 Å². The summed E-state index contributed by atoms with van der Waals surface area (Å²) in [7, 11) is 1.35. The SMILES string of the molecule is COc1c2n(cc(C(=O)NCc3cccc(Cl)c3Cl)c1=O)C[C@H]1[C@@H]3CC[C@@H](C3)N1C2=O. The van der Waals surface area contributed by atoms with Gasteiger partial charge in [0.2, 0.25) is 5.43 Å².